The number of ketones is 1. The number of carbonyl (C=O) groups is 1. The first-order chi connectivity index (χ1) is 14.9. The van der Waals surface area contributed by atoms with Crippen LogP contribution in [0.1, 0.15) is 27.4 Å². The van der Waals surface area contributed by atoms with Gasteiger partial charge in [0, 0.05) is 28.6 Å². The second-order valence-electron chi connectivity index (χ2n) is 7.30. The molecule has 3 heterocycles. The Morgan fingerprint density at radius 1 is 1.13 bits per heavy atom. The van der Waals surface area contributed by atoms with Gasteiger partial charge in [0.15, 0.2) is 5.76 Å². The number of aromatic nitrogens is 2. The lowest BCUT2D eigenvalue weighted by atomic mass is 10.0. The number of ether oxygens (including phenoxy) is 2. The fourth-order valence-corrected chi connectivity index (χ4v) is 3.92. The number of hydrogen-bond acceptors (Lipinski definition) is 7. The van der Waals surface area contributed by atoms with E-state index in [9.17, 15) is 15.0 Å². The van der Waals surface area contributed by atoms with Gasteiger partial charge in [-0.2, -0.15) is 0 Å². The number of Topliss-reactive ketones (excluding diaryl/α,β-unsaturated/α-hetero) is 1. The van der Waals surface area contributed by atoms with Crippen molar-refractivity contribution >= 4 is 22.8 Å². The SMILES string of the molecule is COc1ccc2[nH]c(-c3c(C)noc3C)c(C=C3Oc4cc(O)cc(O)c4C3=O)c2c1. The minimum absolute atomic E-state index is 0.0142. The van der Waals surface area contributed by atoms with E-state index >= 15 is 0 Å². The number of rotatable bonds is 3. The Bertz CT molecular complexity index is 1390. The van der Waals surface area contributed by atoms with E-state index in [0.29, 0.717) is 28.5 Å². The lowest BCUT2D eigenvalue weighted by Crippen LogP contribution is -1.99. The van der Waals surface area contributed by atoms with Crippen LogP contribution in [0, 0.1) is 13.8 Å². The molecule has 156 valence electrons. The summed E-state index contributed by atoms with van der Waals surface area (Å²) in [5, 5.41) is 24.7. The molecular formula is C23H18N2O6. The third kappa shape index (κ3) is 2.83. The number of phenols is 2. The summed E-state index contributed by atoms with van der Waals surface area (Å²) in [7, 11) is 1.58. The van der Waals surface area contributed by atoms with Crippen molar-refractivity contribution in [2.24, 2.45) is 0 Å². The van der Waals surface area contributed by atoms with Gasteiger partial charge >= 0.3 is 0 Å². The van der Waals surface area contributed by atoms with E-state index in [4.69, 9.17) is 14.0 Å². The van der Waals surface area contributed by atoms with E-state index < -0.39 is 5.78 Å². The number of allylic oxidation sites excluding steroid dienone is 1. The van der Waals surface area contributed by atoms with Crippen LogP contribution in [0.5, 0.6) is 23.0 Å². The Kier molecular flexibility index (Phi) is 4.04. The lowest BCUT2D eigenvalue weighted by molar-refractivity contribution is 0.101. The molecule has 2 aromatic carbocycles. The molecule has 1 aliphatic heterocycles. The number of carbonyl (C=O) groups excluding carboxylic acids is 1. The van der Waals surface area contributed by atoms with Gasteiger partial charge in [-0.3, -0.25) is 4.79 Å². The second-order valence-corrected chi connectivity index (χ2v) is 7.30. The standard InChI is InChI=1S/C23H18N2O6/c1-10-20(11(2)31-25-10)22-15(14-8-13(29-3)4-5-16(14)24-22)9-19-23(28)21-17(27)6-12(26)7-18(21)30-19/h4-9,24,26-27H,1-3H3. The summed E-state index contributed by atoms with van der Waals surface area (Å²) < 4.78 is 16.4. The van der Waals surface area contributed by atoms with Gasteiger partial charge in [-0.1, -0.05) is 5.16 Å². The van der Waals surface area contributed by atoms with Crippen LogP contribution in [0.25, 0.3) is 28.2 Å². The number of methoxy groups -OCH3 is 1. The molecule has 8 nitrogen and oxygen atoms in total. The van der Waals surface area contributed by atoms with Crippen molar-refractivity contribution in [3.8, 4) is 34.3 Å². The average Bonchev–Trinajstić information content (AvgIpc) is 3.35. The van der Waals surface area contributed by atoms with Crippen molar-refractivity contribution in [1.82, 2.24) is 10.1 Å². The Labute approximate surface area is 176 Å². The van der Waals surface area contributed by atoms with Crippen molar-refractivity contribution in [2.75, 3.05) is 7.11 Å². The van der Waals surface area contributed by atoms with E-state index in [1.807, 2.05) is 32.0 Å². The number of fused-ring (bicyclic) bond motifs is 2. The summed E-state index contributed by atoms with van der Waals surface area (Å²) >= 11 is 0. The smallest absolute Gasteiger partial charge is 0.235 e. The molecule has 3 N–H and O–H groups in total. The van der Waals surface area contributed by atoms with Crippen LogP contribution in [-0.4, -0.2) is 33.2 Å². The van der Waals surface area contributed by atoms with Gasteiger partial charge < -0.3 is 29.2 Å². The molecular weight excluding hydrogens is 400 g/mol. The molecule has 0 unspecified atom stereocenters. The molecule has 0 atom stereocenters. The van der Waals surface area contributed by atoms with Crippen molar-refractivity contribution in [3.63, 3.8) is 0 Å². The number of benzene rings is 2. The number of aryl methyl sites for hydroxylation is 2. The van der Waals surface area contributed by atoms with Gasteiger partial charge in [0.1, 0.15) is 34.3 Å². The van der Waals surface area contributed by atoms with Crippen molar-refractivity contribution in [1.29, 1.82) is 0 Å². The molecule has 0 spiro atoms. The highest BCUT2D eigenvalue weighted by molar-refractivity contribution is 6.17. The molecule has 4 aromatic rings. The van der Waals surface area contributed by atoms with Gasteiger partial charge in [0.2, 0.25) is 5.78 Å². The first-order valence-electron chi connectivity index (χ1n) is 9.50. The fraction of sp³-hybridized carbons (Fsp3) is 0.130. The maximum absolute atomic E-state index is 12.9. The molecule has 8 heteroatoms. The number of nitrogens with zero attached hydrogens (tertiary/aromatic N) is 1. The highest BCUT2D eigenvalue weighted by atomic mass is 16.5. The van der Waals surface area contributed by atoms with Crippen LogP contribution in [0.15, 0.2) is 40.6 Å². The first-order valence-corrected chi connectivity index (χ1v) is 9.50. The van der Waals surface area contributed by atoms with Crippen LogP contribution in [0.3, 0.4) is 0 Å². The van der Waals surface area contributed by atoms with E-state index in [1.165, 1.54) is 6.07 Å². The number of aromatic amines is 1. The molecule has 0 amide bonds. The topological polar surface area (TPSA) is 118 Å². The maximum Gasteiger partial charge on any atom is 0.235 e. The predicted molar refractivity (Wildman–Crippen MR) is 113 cm³/mol. The van der Waals surface area contributed by atoms with Crippen LogP contribution < -0.4 is 9.47 Å². The molecule has 0 aliphatic carbocycles. The van der Waals surface area contributed by atoms with E-state index in [1.54, 1.807) is 13.2 Å². The summed E-state index contributed by atoms with van der Waals surface area (Å²) in [5.74, 6) is 0.391. The third-order valence-electron chi connectivity index (χ3n) is 5.34. The molecule has 0 saturated carbocycles. The first kappa shape index (κ1) is 18.8. The summed E-state index contributed by atoms with van der Waals surface area (Å²) in [4.78, 5) is 16.3. The highest BCUT2D eigenvalue weighted by Gasteiger charge is 2.32. The van der Waals surface area contributed by atoms with Crippen LogP contribution in [-0.2, 0) is 0 Å². The molecule has 2 aromatic heterocycles. The second kappa shape index (κ2) is 6.66. The number of aromatic hydroxyl groups is 2. The quantitative estimate of drug-likeness (QED) is 0.420. The fourth-order valence-electron chi connectivity index (χ4n) is 3.92. The van der Waals surface area contributed by atoms with Crippen LogP contribution in [0.2, 0.25) is 0 Å². The summed E-state index contributed by atoms with van der Waals surface area (Å²) in [6.45, 7) is 3.65. The Hall–Kier alpha value is -4.20. The molecule has 0 radical (unpaired) electrons. The number of nitrogens with one attached hydrogen (secondary N) is 1. The maximum atomic E-state index is 12.9. The van der Waals surface area contributed by atoms with E-state index in [-0.39, 0.29) is 28.6 Å². The lowest BCUT2D eigenvalue weighted by Gasteiger charge is -2.03. The average molecular weight is 418 g/mol. The minimum Gasteiger partial charge on any atom is -0.508 e. The largest absolute Gasteiger partial charge is 0.508 e. The summed E-state index contributed by atoms with van der Waals surface area (Å²) in [6, 6.07) is 7.97. The zero-order valence-corrected chi connectivity index (χ0v) is 16.9. The van der Waals surface area contributed by atoms with Crippen LogP contribution in [0.4, 0.5) is 0 Å². The number of hydrogen-bond donors (Lipinski definition) is 3. The zero-order chi connectivity index (χ0) is 21.9. The molecule has 31 heavy (non-hydrogen) atoms. The molecule has 0 saturated heterocycles. The predicted octanol–water partition coefficient (Wildman–Crippen LogP) is 4.48. The Balaban J connectivity index is 1.75. The number of phenolic OH excluding ortho intramolecular Hbond substituents is 2. The van der Waals surface area contributed by atoms with Gasteiger partial charge in [-0.25, -0.2) is 0 Å². The zero-order valence-electron chi connectivity index (χ0n) is 16.9. The van der Waals surface area contributed by atoms with Crippen molar-refractivity contribution in [2.45, 2.75) is 13.8 Å². The summed E-state index contributed by atoms with van der Waals surface area (Å²) in [6.07, 6.45) is 1.61. The molecule has 1 aliphatic rings. The third-order valence-corrected chi connectivity index (χ3v) is 5.34. The van der Waals surface area contributed by atoms with Gasteiger partial charge in [-0.15, -0.1) is 0 Å². The molecule has 5 rings (SSSR count). The summed E-state index contributed by atoms with van der Waals surface area (Å²) in [5.41, 5.74) is 3.71. The molecule has 0 fully saturated rings. The number of H-pyrrole nitrogens is 1. The minimum atomic E-state index is -0.477. The van der Waals surface area contributed by atoms with Crippen molar-refractivity contribution < 1.29 is 29.0 Å². The van der Waals surface area contributed by atoms with Gasteiger partial charge in [0.05, 0.1) is 24.1 Å². The van der Waals surface area contributed by atoms with Gasteiger partial charge in [-0.05, 0) is 38.1 Å². The Morgan fingerprint density at radius 2 is 1.94 bits per heavy atom. The van der Waals surface area contributed by atoms with E-state index in [0.717, 1.165) is 22.5 Å². The normalized spacial score (nSPS) is 14.3. The van der Waals surface area contributed by atoms with Crippen molar-refractivity contribution in [3.05, 3.63) is 58.7 Å². The monoisotopic (exact) mass is 418 g/mol. The van der Waals surface area contributed by atoms with Gasteiger partial charge in [0.25, 0.3) is 0 Å². The van der Waals surface area contributed by atoms with E-state index in [2.05, 4.69) is 10.1 Å². The highest BCUT2D eigenvalue weighted by Crippen LogP contribution is 2.42. The van der Waals surface area contributed by atoms with Crippen LogP contribution >= 0.6 is 0 Å². The Morgan fingerprint density at radius 3 is 2.65 bits per heavy atom. The molecule has 0 bridgehead atoms.